The van der Waals surface area contributed by atoms with Crippen molar-refractivity contribution in [1.29, 1.82) is 0 Å². The van der Waals surface area contributed by atoms with Crippen molar-refractivity contribution >= 4 is 0 Å². The van der Waals surface area contributed by atoms with Gasteiger partial charge in [0.2, 0.25) is 0 Å². The van der Waals surface area contributed by atoms with E-state index in [1.807, 2.05) is 67.6 Å². The molecule has 25 heavy (non-hydrogen) atoms. The van der Waals surface area contributed by atoms with E-state index in [0.29, 0.717) is 25.2 Å². The normalized spacial score (nSPS) is 10.8. The Morgan fingerprint density at radius 3 is 1.72 bits per heavy atom. The average Bonchev–Trinajstić information content (AvgIpc) is 2.63. The monoisotopic (exact) mass is 334 g/mol. The summed E-state index contributed by atoms with van der Waals surface area (Å²) in [6.07, 6.45) is 1.43. The van der Waals surface area contributed by atoms with Crippen molar-refractivity contribution in [2.45, 2.75) is 32.9 Å². The third-order valence-corrected chi connectivity index (χ3v) is 4.42. The van der Waals surface area contributed by atoms with Crippen LogP contribution in [0.2, 0.25) is 0 Å². The fourth-order valence-electron chi connectivity index (χ4n) is 2.97. The molecule has 128 valence electrons. The summed E-state index contributed by atoms with van der Waals surface area (Å²) < 4.78 is 3.03. The van der Waals surface area contributed by atoms with Crippen LogP contribution in [0.4, 0.5) is 0 Å². The van der Waals surface area contributed by atoms with Crippen LogP contribution >= 0.6 is 0 Å². The van der Waals surface area contributed by atoms with Gasteiger partial charge in [0, 0.05) is 24.8 Å². The van der Waals surface area contributed by atoms with E-state index < -0.39 is 0 Å². The fraction of sp³-hybridized carbons (Fsp3) is 0.238. The molecule has 4 heteroatoms. The summed E-state index contributed by atoms with van der Waals surface area (Å²) in [6.45, 7) is 2.78. The quantitative estimate of drug-likeness (QED) is 0.696. The van der Waals surface area contributed by atoms with Crippen LogP contribution in [-0.4, -0.2) is 9.13 Å². The first kappa shape index (κ1) is 17.0. The van der Waals surface area contributed by atoms with Crippen LogP contribution in [0.3, 0.4) is 0 Å². The van der Waals surface area contributed by atoms with Crippen LogP contribution in [0.25, 0.3) is 0 Å². The van der Waals surface area contributed by atoms with Gasteiger partial charge in [-0.1, -0.05) is 60.7 Å². The Morgan fingerprint density at radius 1 is 0.720 bits per heavy atom. The van der Waals surface area contributed by atoms with Gasteiger partial charge in [0.25, 0.3) is 5.56 Å². The predicted octanol–water partition coefficient (Wildman–Crippen LogP) is 2.80. The molecule has 0 saturated heterocycles. The molecule has 0 unspecified atom stereocenters. The third kappa shape index (κ3) is 4.15. The molecule has 0 atom stereocenters. The Hall–Kier alpha value is -2.88. The topological polar surface area (TPSA) is 44.0 Å². The lowest BCUT2D eigenvalue weighted by Crippen LogP contribution is -2.41. The number of rotatable bonds is 6. The van der Waals surface area contributed by atoms with Gasteiger partial charge in [-0.2, -0.15) is 0 Å². The Labute approximate surface area is 147 Å². The van der Waals surface area contributed by atoms with E-state index >= 15 is 0 Å². The molecule has 0 spiro atoms. The van der Waals surface area contributed by atoms with E-state index in [1.54, 1.807) is 10.6 Å². The summed E-state index contributed by atoms with van der Waals surface area (Å²) in [5.41, 5.74) is 2.55. The number of benzene rings is 2. The van der Waals surface area contributed by atoms with Crippen LogP contribution in [0.1, 0.15) is 16.8 Å². The van der Waals surface area contributed by atoms with Crippen LogP contribution in [-0.2, 0) is 25.9 Å². The summed E-state index contributed by atoms with van der Waals surface area (Å²) in [6, 6.07) is 21.5. The molecule has 4 nitrogen and oxygen atoms in total. The molecular weight excluding hydrogens is 312 g/mol. The van der Waals surface area contributed by atoms with E-state index in [9.17, 15) is 9.59 Å². The molecule has 0 aliphatic heterocycles. The van der Waals surface area contributed by atoms with Crippen LogP contribution in [0.5, 0.6) is 0 Å². The van der Waals surface area contributed by atoms with Gasteiger partial charge in [0.15, 0.2) is 0 Å². The molecule has 3 aromatic rings. The molecule has 0 fully saturated rings. The maximum Gasteiger partial charge on any atom is 0.331 e. The molecule has 0 bridgehead atoms. The van der Waals surface area contributed by atoms with E-state index in [1.165, 1.54) is 10.1 Å². The highest BCUT2D eigenvalue weighted by molar-refractivity contribution is 5.16. The minimum absolute atomic E-state index is 0.225. The van der Waals surface area contributed by atoms with Crippen LogP contribution in [0.15, 0.2) is 76.3 Å². The zero-order chi connectivity index (χ0) is 17.6. The molecule has 0 amide bonds. The maximum atomic E-state index is 12.8. The van der Waals surface area contributed by atoms with Crippen molar-refractivity contribution in [2.75, 3.05) is 0 Å². The Morgan fingerprint density at radius 2 is 1.20 bits per heavy atom. The predicted molar refractivity (Wildman–Crippen MR) is 100.0 cm³/mol. The lowest BCUT2D eigenvalue weighted by atomic mass is 10.1. The SMILES string of the molecule is Cc1cc(=O)n(CCc2ccccc2)c(=O)n1CCc1ccccc1. The number of nitrogens with zero attached hydrogens (tertiary/aromatic N) is 2. The number of aromatic nitrogens is 2. The second-order valence-corrected chi connectivity index (χ2v) is 6.18. The first-order chi connectivity index (χ1) is 12.1. The number of hydrogen-bond acceptors (Lipinski definition) is 2. The molecule has 0 aliphatic carbocycles. The molecule has 0 radical (unpaired) electrons. The van der Waals surface area contributed by atoms with Gasteiger partial charge in [-0.15, -0.1) is 0 Å². The molecule has 0 aliphatic rings. The maximum absolute atomic E-state index is 12.8. The van der Waals surface area contributed by atoms with Gasteiger partial charge >= 0.3 is 5.69 Å². The average molecular weight is 334 g/mol. The third-order valence-electron chi connectivity index (χ3n) is 4.42. The van der Waals surface area contributed by atoms with Crippen LogP contribution in [0, 0.1) is 6.92 Å². The minimum Gasteiger partial charge on any atom is -0.297 e. The summed E-state index contributed by atoms with van der Waals surface area (Å²) in [5.74, 6) is 0. The Kier molecular flexibility index (Phi) is 5.29. The Balaban J connectivity index is 1.82. The van der Waals surface area contributed by atoms with E-state index in [2.05, 4.69) is 0 Å². The lowest BCUT2D eigenvalue weighted by Gasteiger charge is -2.13. The van der Waals surface area contributed by atoms with Gasteiger partial charge in [0.1, 0.15) is 0 Å². The number of aryl methyl sites for hydroxylation is 3. The van der Waals surface area contributed by atoms with Crippen molar-refractivity contribution in [1.82, 2.24) is 9.13 Å². The molecule has 0 saturated carbocycles. The first-order valence-corrected chi connectivity index (χ1v) is 8.54. The van der Waals surface area contributed by atoms with Gasteiger partial charge in [-0.25, -0.2) is 4.79 Å². The number of hydrogen-bond donors (Lipinski definition) is 0. The minimum atomic E-state index is -0.227. The summed E-state index contributed by atoms with van der Waals surface area (Å²) in [4.78, 5) is 25.0. The van der Waals surface area contributed by atoms with Gasteiger partial charge in [-0.05, 0) is 30.9 Å². The Bertz CT molecular complexity index is 941. The second-order valence-electron chi connectivity index (χ2n) is 6.18. The highest BCUT2D eigenvalue weighted by Gasteiger charge is 2.09. The largest absolute Gasteiger partial charge is 0.331 e. The van der Waals surface area contributed by atoms with Crippen molar-refractivity contribution < 1.29 is 0 Å². The van der Waals surface area contributed by atoms with Gasteiger partial charge in [0.05, 0.1) is 0 Å². The van der Waals surface area contributed by atoms with Crippen molar-refractivity contribution in [3.05, 3.63) is 104 Å². The summed E-state index contributed by atoms with van der Waals surface area (Å²) >= 11 is 0. The van der Waals surface area contributed by atoms with E-state index in [0.717, 1.165) is 12.0 Å². The van der Waals surface area contributed by atoms with Crippen molar-refractivity contribution in [3.8, 4) is 0 Å². The highest BCUT2D eigenvalue weighted by atomic mass is 16.2. The molecule has 2 aromatic carbocycles. The molecule has 0 N–H and O–H groups in total. The zero-order valence-corrected chi connectivity index (χ0v) is 14.4. The lowest BCUT2D eigenvalue weighted by molar-refractivity contribution is 0.539. The van der Waals surface area contributed by atoms with E-state index in [4.69, 9.17) is 0 Å². The highest BCUT2D eigenvalue weighted by Crippen LogP contribution is 2.03. The first-order valence-electron chi connectivity index (χ1n) is 8.54. The molecule has 1 aromatic heterocycles. The van der Waals surface area contributed by atoms with E-state index in [-0.39, 0.29) is 11.2 Å². The van der Waals surface area contributed by atoms with Crippen LogP contribution < -0.4 is 11.2 Å². The summed E-state index contributed by atoms with van der Waals surface area (Å²) in [5, 5.41) is 0. The van der Waals surface area contributed by atoms with Crippen molar-refractivity contribution in [3.63, 3.8) is 0 Å². The van der Waals surface area contributed by atoms with Gasteiger partial charge < -0.3 is 0 Å². The fourth-order valence-corrected chi connectivity index (χ4v) is 2.97. The zero-order valence-electron chi connectivity index (χ0n) is 14.4. The second kappa shape index (κ2) is 7.79. The molecule has 3 rings (SSSR count). The molecule has 1 heterocycles. The molecular formula is C21H22N2O2. The van der Waals surface area contributed by atoms with Crippen molar-refractivity contribution in [2.24, 2.45) is 0 Å². The van der Waals surface area contributed by atoms with Gasteiger partial charge in [-0.3, -0.25) is 13.9 Å². The summed E-state index contributed by atoms with van der Waals surface area (Å²) in [7, 11) is 0. The smallest absolute Gasteiger partial charge is 0.297 e. The standard InChI is InChI=1S/C21H22N2O2/c1-17-16-20(24)23(15-13-19-10-6-3-7-11-19)21(25)22(17)14-12-18-8-4-2-5-9-18/h2-11,16H,12-15H2,1H3.